The molecule has 0 spiro atoms. The number of ether oxygens (including phenoxy) is 2. The van der Waals surface area contributed by atoms with Gasteiger partial charge in [-0.15, -0.1) is 0 Å². The third-order valence-electron chi connectivity index (χ3n) is 2.78. The van der Waals surface area contributed by atoms with E-state index in [1.165, 1.54) is 19.3 Å². The van der Waals surface area contributed by atoms with Gasteiger partial charge in [0.05, 0.1) is 20.3 Å². The first-order valence-electron chi connectivity index (χ1n) is 5.66. The zero-order chi connectivity index (χ0) is 13.5. The van der Waals surface area contributed by atoms with Gasteiger partial charge in [-0.25, -0.2) is 4.79 Å². The molecule has 18 heavy (non-hydrogen) atoms. The van der Waals surface area contributed by atoms with Gasteiger partial charge in [-0.3, -0.25) is 0 Å². The van der Waals surface area contributed by atoms with Crippen LogP contribution in [0.25, 0.3) is 0 Å². The lowest BCUT2D eigenvalue weighted by Gasteiger charge is -2.16. The topological polar surface area (TPSA) is 55.8 Å². The number of hydrogen-bond donors (Lipinski definition) is 1. The SMILES string of the molecule is COC(=O)/C=C/[C@H](O)[C@@H](C)c1ccc(OC)cc1. The van der Waals surface area contributed by atoms with Gasteiger partial charge in [-0.2, -0.15) is 0 Å². The molecule has 0 amide bonds. The summed E-state index contributed by atoms with van der Waals surface area (Å²) in [5, 5.41) is 9.92. The number of carbonyl (C=O) groups excluding carboxylic acids is 1. The summed E-state index contributed by atoms with van der Waals surface area (Å²) >= 11 is 0. The lowest BCUT2D eigenvalue weighted by atomic mass is 9.95. The van der Waals surface area contributed by atoms with Gasteiger partial charge in [0.25, 0.3) is 0 Å². The van der Waals surface area contributed by atoms with E-state index in [0.29, 0.717) is 0 Å². The first-order valence-corrected chi connectivity index (χ1v) is 5.66. The second kappa shape index (κ2) is 6.81. The van der Waals surface area contributed by atoms with E-state index in [-0.39, 0.29) is 5.92 Å². The van der Waals surface area contributed by atoms with Gasteiger partial charge < -0.3 is 14.6 Å². The molecule has 0 fully saturated rings. The maximum absolute atomic E-state index is 10.9. The predicted molar refractivity (Wildman–Crippen MR) is 68.6 cm³/mol. The molecular formula is C14H18O4. The fourth-order valence-corrected chi connectivity index (χ4v) is 1.52. The average Bonchev–Trinajstić information content (AvgIpc) is 2.43. The summed E-state index contributed by atoms with van der Waals surface area (Å²) in [6.07, 6.45) is 1.92. The second-order valence-electron chi connectivity index (χ2n) is 3.93. The summed E-state index contributed by atoms with van der Waals surface area (Å²) in [5.74, 6) is 0.179. The Hall–Kier alpha value is -1.81. The van der Waals surface area contributed by atoms with Crippen LogP contribution in [0.4, 0.5) is 0 Å². The molecule has 0 unspecified atom stereocenters. The first-order chi connectivity index (χ1) is 8.58. The van der Waals surface area contributed by atoms with Crippen molar-refractivity contribution in [3.63, 3.8) is 0 Å². The zero-order valence-corrected chi connectivity index (χ0v) is 10.8. The largest absolute Gasteiger partial charge is 0.497 e. The zero-order valence-electron chi connectivity index (χ0n) is 10.8. The number of carbonyl (C=O) groups is 1. The Morgan fingerprint density at radius 1 is 1.28 bits per heavy atom. The van der Waals surface area contributed by atoms with E-state index in [1.807, 2.05) is 31.2 Å². The first kappa shape index (κ1) is 14.3. The van der Waals surface area contributed by atoms with Crippen LogP contribution in [0, 0.1) is 0 Å². The third-order valence-corrected chi connectivity index (χ3v) is 2.78. The van der Waals surface area contributed by atoms with Crippen LogP contribution in [0.3, 0.4) is 0 Å². The van der Waals surface area contributed by atoms with Crippen molar-refractivity contribution >= 4 is 5.97 Å². The highest BCUT2D eigenvalue weighted by molar-refractivity contribution is 5.81. The molecule has 4 nitrogen and oxygen atoms in total. The molecule has 0 aliphatic carbocycles. The lowest BCUT2D eigenvalue weighted by molar-refractivity contribution is -0.134. The molecule has 0 aliphatic rings. The maximum Gasteiger partial charge on any atom is 0.330 e. The smallest absolute Gasteiger partial charge is 0.330 e. The Morgan fingerprint density at radius 2 is 1.89 bits per heavy atom. The van der Waals surface area contributed by atoms with Gasteiger partial charge in [-0.1, -0.05) is 19.1 Å². The van der Waals surface area contributed by atoms with Gasteiger partial charge in [0.1, 0.15) is 5.75 Å². The Bertz CT molecular complexity index is 408. The molecule has 0 heterocycles. The monoisotopic (exact) mass is 250 g/mol. The summed E-state index contributed by atoms with van der Waals surface area (Å²) < 4.78 is 9.53. The van der Waals surface area contributed by atoms with Crippen LogP contribution >= 0.6 is 0 Å². The summed E-state index contributed by atoms with van der Waals surface area (Å²) in [6, 6.07) is 7.45. The Labute approximate surface area is 107 Å². The van der Waals surface area contributed by atoms with Crippen molar-refractivity contribution < 1.29 is 19.4 Å². The molecule has 1 aromatic rings. The molecule has 4 heteroatoms. The van der Waals surface area contributed by atoms with Crippen molar-refractivity contribution in [2.24, 2.45) is 0 Å². The average molecular weight is 250 g/mol. The van der Waals surface area contributed by atoms with Crippen LogP contribution in [-0.2, 0) is 9.53 Å². The molecule has 0 aromatic heterocycles. The second-order valence-corrected chi connectivity index (χ2v) is 3.93. The number of esters is 1. The van der Waals surface area contributed by atoms with E-state index in [1.54, 1.807) is 7.11 Å². The predicted octanol–water partition coefficient (Wildman–Crippen LogP) is 1.89. The van der Waals surface area contributed by atoms with Gasteiger partial charge in [0.2, 0.25) is 0 Å². The van der Waals surface area contributed by atoms with Crippen molar-refractivity contribution in [2.45, 2.75) is 18.9 Å². The van der Waals surface area contributed by atoms with E-state index >= 15 is 0 Å². The van der Waals surface area contributed by atoms with Crippen molar-refractivity contribution in [1.82, 2.24) is 0 Å². The quantitative estimate of drug-likeness (QED) is 0.640. The van der Waals surface area contributed by atoms with E-state index in [0.717, 1.165) is 11.3 Å². The standard InChI is InChI=1S/C14H18O4/c1-10(13(15)8-9-14(16)18-3)11-4-6-12(17-2)7-5-11/h4-10,13,15H,1-3H3/b9-8+/t10-,13-/m0/s1. The fraction of sp³-hybridized carbons (Fsp3) is 0.357. The molecule has 0 bridgehead atoms. The van der Waals surface area contributed by atoms with E-state index in [9.17, 15) is 9.90 Å². The van der Waals surface area contributed by atoms with Crippen LogP contribution in [-0.4, -0.2) is 31.4 Å². The van der Waals surface area contributed by atoms with E-state index in [2.05, 4.69) is 4.74 Å². The number of aliphatic hydroxyl groups is 1. The van der Waals surface area contributed by atoms with Gasteiger partial charge in [0.15, 0.2) is 0 Å². The fourth-order valence-electron chi connectivity index (χ4n) is 1.52. The molecule has 0 radical (unpaired) electrons. The van der Waals surface area contributed by atoms with Crippen LogP contribution in [0.2, 0.25) is 0 Å². The molecular weight excluding hydrogens is 232 g/mol. The van der Waals surface area contributed by atoms with E-state index in [4.69, 9.17) is 4.74 Å². The van der Waals surface area contributed by atoms with Crippen LogP contribution in [0.15, 0.2) is 36.4 Å². The minimum atomic E-state index is -0.738. The van der Waals surface area contributed by atoms with Crippen molar-refractivity contribution in [1.29, 1.82) is 0 Å². The third kappa shape index (κ3) is 3.89. The Kier molecular flexibility index (Phi) is 5.39. The Morgan fingerprint density at radius 3 is 2.39 bits per heavy atom. The number of hydrogen-bond acceptors (Lipinski definition) is 4. The van der Waals surface area contributed by atoms with Crippen LogP contribution in [0.5, 0.6) is 5.75 Å². The molecule has 98 valence electrons. The van der Waals surface area contributed by atoms with Crippen LogP contribution < -0.4 is 4.74 Å². The number of benzene rings is 1. The molecule has 1 rings (SSSR count). The molecule has 1 aromatic carbocycles. The summed E-state index contributed by atoms with van der Waals surface area (Å²) in [6.45, 7) is 1.88. The summed E-state index contributed by atoms with van der Waals surface area (Å²) in [5.41, 5.74) is 0.970. The minimum absolute atomic E-state index is 0.114. The minimum Gasteiger partial charge on any atom is -0.497 e. The normalized spacial score (nSPS) is 14.2. The number of methoxy groups -OCH3 is 2. The maximum atomic E-state index is 10.9. The van der Waals surface area contributed by atoms with Crippen molar-refractivity contribution in [3.05, 3.63) is 42.0 Å². The van der Waals surface area contributed by atoms with Gasteiger partial charge in [0, 0.05) is 12.0 Å². The summed E-state index contributed by atoms with van der Waals surface area (Å²) in [4.78, 5) is 10.9. The van der Waals surface area contributed by atoms with E-state index < -0.39 is 12.1 Å². The number of aliphatic hydroxyl groups excluding tert-OH is 1. The molecule has 1 N–H and O–H groups in total. The molecule has 0 saturated heterocycles. The highest BCUT2D eigenvalue weighted by atomic mass is 16.5. The van der Waals surface area contributed by atoms with Gasteiger partial charge >= 0.3 is 5.97 Å². The van der Waals surface area contributed by atoms with Crippen molar-refractivity contribution in [3.8, 4) is 5.75 Å². The highest BCUT2D eigenvalue weighted by Crippen LogP contribution is 2.22. The van der Waals surface area contributed by atoms with Crippen LogP contribution in [0.1, 0.15) is 18.4 Å². The highest BCUT2D eigenvalue weighted by Gasteiger charge is 2.13. The van der Waals surface area contributed by atoms with Gasteiger partial charge in [-0.05, 0) is 23.8 Å². The lowest BCUT2D eigenvalue weighted by Crippen LogP contribution is -2.13. The number of rotatable bonds is 5. The summed E-state index contributed by atoms with van der Waals surface area (Å²) in [7, 11) is 2.90. The molecule has 2 atom stereocenters. The molecule has 0 saturated carbocycles. The van der Waals surface area contributed by atoms with Crippen molar-refractivity contribution in [2.75, 3.05) is 14.2 Å². The molecule has 0 aliphatic heterocycles. The Balaban J connectivity index is 2.70.